The monoisotopic (exact) mass is 339 g/mol. The molecule has 0 saturated heterocycles. The molecule has 11 heteroatoms. The summed E-state index contributed by atoms with van der Waals surface area (Å²) in [5, 5.41) is 31.0. The van der Waals surface area contributed by atoms with Crippen LogP contribution in [0.15, 0.2) is 18.2 Å². The first kappa shape index (κ1) is 18.5. The molecule has 5 N–H and O–H groups in total. The number of nitrogens with one attached hydrogen (secondary N) is 1. The van der Waals surface area contributed by atoms with Gasteiger partial charge in [0, 0.05) is 12.5 Å². The van der Waals surface area contributed by atoms with Crippen molar-refractivity contribution in [1.29, 1.82) is 0 Å². The van der Waals surface area contributed by atoms with Gasteiger partial charge in [-0.15, -0.1) is 0 Å². The van der Waals surface area contributed by atoms with Gasteiger partial charge in [-0.2, -0.15) is 0 Å². The molecule has 1 aromatic rings. The van der Waals surface area contributed by atoms with Crippen molar-refractivity contribution >= 4 is 29.4 Å². The summed E-state index contributed by atoms with van der Waals surface area (Å²) < 4.78 is 0. The predicted octanol–water partition coefficient (Wildman–Crippen LogP) is -0.259. The molecule has 0 fully saturated rings. The fourth-order valence-corrected chi connectivity index (χ4v) is 1.89. The quantitative estimate of drug-likeness (QED) is 0.367. The normalized spacial score (nSPS) is 11.3. The van der Waals surface area contributed by atoms with Gasteiger partial charge in [-0.1, -0.05) is 6.07 Å². The third-order valence-electron chi connectivity index (χ3n) is 2.98. The minimum atomic E-state index is -1.71. The van der Waals surface area contributed by atoms with Gasteiger partial charge in [0.15, 0.2) is 0 Å². The number of rotatable bonds is 8. The van der Waals surface area contributed by atoms with E-state index in [4.69, 9.17) is 15.9 Å². The molecule has 1 aromatic carbocycles. The molecular weight excluding hydrogens is 326 g/mol. The Balaban J connectivity index is 3.16. The van der Waals surface area contributed by atoms with Crippen LogP contribution in [0.3, 0.4) is 0 Å². The Hall–Kier alpha value is -3.50. The number of benzene rings is 1. The standard InChI is InChI=1S/C13H13N3O8/c14-9(17)5-4-7(12(19)20)15-11(18)6-2-1-3-8(16(23)24)10(6)13(21)22/h1-3,7H,4-5H2,(H2,14,17)(H,15,18)(H,19,20)(H,21,22)/t7-/m0/s1. The molecule has 0 aliphatic heterocycles. The van der Waals surface area contributed by atoms with E-state index < -0.39 is 51.5 Å². The number of nitrogens with two attached hydrogens (primary N) is 1. The molecule has 128 valence electrons. The summed E-state index contributed by atoms with van der Waals surface area (Å²) in [7, 11) is 0. The van der Waals surface area contributed by atoms with Crippen LogP contribution in [0, 0.1) is 10.1 Å². The zero-order chi connectivity index (χ0) is 18.4. The van der Waals surface area contributed by atoms with Gasteiger partial charge in [0.2, 0.25) is 5.91 Å². The minimum absolute atomic E-state index is 0.312. The largest absolute Gasteiger partial charge is 0.480 e. The molecule has 0 spiro atoms. The van der Waals surface area contributed by atoms with Crippen molar-refractivity contribution in [2.45, 2.75) is 18.9 Å². The average molecular weight is 339 g/mol. The second-order valence-corrected chi connectivity index (χ2v) is 4.63. The lowest BCUT2D eigenvalue weighted by molar-refractivity contribution is -0.385. The summed E-state index contributed by atoms with van der Waals surface area (Å²) in [5.74, 6) is -5.09. The van der Waals surface area contributed by atoms with Crippen LogP contribution in [0.1, 0.15) is 33.6 Å². The number of primary amides is 1. The van der Waals surface area contributed by atoms with Crippen molar-refractivity contribution in [2.24, 2.45) is 5.73 Å². The maximum absolute atomic E-state index is 12.1. The highest BCUT2D eigenvalue weighted by molar-refractivity contribution is 6.08. The fourth-order valence-electron chi connectivity index (χ4n) is 1.89. The topological polar surface area (TPSA) is 190 Å². The van der Waals surface area contributed by atoms with Crippen LogP contribution in [0.25, 0.3) is 0 Å². The summed E-state index contributed by atoms with van der Waals surface area (Å²) in [6.45, 7) is 0. The molecule has 1 atom stereocenters. The van der Waals surface area contributed by atoms with E-state index in [9.17, 15) is 29.3 Å². The number of carbonyl (C=O) groups is 4. The Morgan fingerprint density at radius 2 is 1.88 bits per heavy atom. The Morgan fingerprint density at radius 1 is 1.25 bits per heavy atom. The zero-order valence-corrected chi connectivity index (χ0v) is 12.1. The van der Waals surface area contributed by atoms with Crippen molar-refractivity contribution in [3.05, 3.63) is 39.4 Å². The van der Waals surface area contributed by atoms with E-state index in [1.165, 1.54) is 0 Å². The molecule has 2 amide bonds. The number of aliphatic carboxylic acids is 1. The highest BCUT2D eigenvalue weighted by Gasteiger charge is 2.29. The number of hydrogen-bond acceptors (Lipinski definition) is 6. The summed E-state index contributed by atoms with van der Waals surface area (Å²) in [6, 6.07) is 1.50. The number of carboxylic acids is 2. The third kappa shape index (κ3) is 4.50. The molecule has 0 aliphatic carbocycles. The molecule has 0 aromatic heterocycles. The van der Waals surface area contributed by atoms with Crippen LogP contribution in [0.5, 0.6) is 0 Å². The summed E-state index contributed by atoms with van der Waals surface area (Å²) in [6.07, 6.45) is -0.633. The third-order valence-corrected chi connectivity index (χ3v) is 2.98. The van der Waals surface area contributed by atoms with Gasteiger partial charge in [0.05, 0.1) is 10.5 Å². The lowest BCUT2D eigenvalue weighted by Crippen LogP contribution is -2.41. The Morgan fingerprint density at radius 3 is 2.33 bits per heavy atom. The van der Waals surface area contributed by atoms with Crippen LogP contribution < -0.4 is 11.1 Å². The molecule has 11 nitrogen and oxygen atoms in total. The number of nitro benzene ring substituents is 1. The van der Waals surface area contributed by atoms with Crippen LogP contribution in [0.4, 0.5) is 5.69 Å². The average Bonchev–Trinajstić information content (AvgIpc) is 2.49. The summed E-state index contributed by atoms with van der Waals surface area (Å²) in [4.78, 5) is 55.0. The SMILES string of the molecule is NC(=O)CC[C@H](NC(=O)c1cccc([N+](=O)[O-])c1C(=O)O)C(=O)O. The van der Waals surface area contributed by atoms with E-state index >= 15 is 0 Å². The Labute approximate surface area is 134 Å². The van der Waals surface area contributed by atoms with E-state index in [-0.39, 0.29) is 12.8 Å². The number of nitrogens with zero attached hydrogens (tertiary/aromatic N) is 1. The van der Waals surface area contributed by atoms with Gasteiger partial charge in [-0.3, -0.25) is 19.7 Å². The number of nitro groups is 1. The van der Waals surface area contributed by atoms with Crippen molar-refractivity contribution in [2.75, 3.05) is 0 Å². The predicted molar refractivity (Wildman–Crippen MR) is 77.4 cm³/mol. The van der Waals surface area contributed by atoms with Crippen molar-refractivity contribution in [3.8, 4) is 0 Å². The van der Waals surface area contributed by atoms with Crippen LogP contribution >= 0.6 is 0 Å². The second kappa shape index (κ2) is 7.67. The number of amides is 2. The van der Waals surface area contributed by atoms with Crippen LogP contribution in [0.2, 0.25) is 0 Å². The molecule has 1 rings (SSSR count). The van der Waals surface area contributed by atoms with E-state index in [1.54, 1.807) is 0 Å². The van der Waals surface area contributed by atoms with Gasteiger partial charge >= 0.3 is 11.9 Å². The Kier molecular flexibility index (Phi) is 5.93. The van der Waals surface area contributed by atoms with Gasteiger partial charge < -0.3 is 21.3 Å². The van der Waals surface area contributed by atoms with Crippen molar-refractivity contribution in [3.63, 3.8) is 0 Å². The van der Waals surface area contributed by atoms with Gasteiger partial charge in [-0.25, -0.2) is 9.59 Å². The van der Waals surface area contributed by atoms with Gasteiger partial charge in [-0.05, 0) is 12.5 Å². The first-order valence-electron chi connectivity index (χ1n) is 6.47. The van der Waals surface area contributed by atoms with Crippen LogP contribution in [-0.4, -0.2) is 44.9 Å². The second-order valence-electron chi connectivity index (χ2n) is 4.63. The number of carboxylic acid groups (broad SMARTS) is 2. The highest BCUT2D eigenvalue weighted by Crippen LogP contribution is 2.22. The van der Waals surface area contributed by atoms with Crippen molar-refractivity contribution < 1.29 is 34.3 Å². The van der Waals surface area contributed by atoms with Gasteiger partial charge in [0.1, 0.15) is 11.6 Å². The minimum Gasteiger partial charge on any atom is -0.480 e. The molecule has 0 unspecified atom stereocenters. The number of hydrogen-bond donors (Lipinski definition) is 4. The number of aromatic carboxylic acids is 1. The highest BCUT2D eigenvalue weighted by atomic mass is 16.6. The maximum atomic E-state index is 12.1. The van der Waals surface area contributed by atoms with Crippen LogP contribution in [-0.2, 0) is 9.59 Å². The lowest BCUT2D eigenvalue weighted by atomic mass is 10.0. The van der Waals surface area contributed by atoms with E-state index in [0.717, 1.165) is 18.2 Å². The first-order valence-corrected chi connectivity index (χ1v) is 6.47. The molecule has 0 heterocycles. The molecule has 0 aliphatic rings. The lowest BCUT2D eigenvalue weighted by Gasteiger charge is -2.14. The fraction of sp³-hybridized carbons (Fsp3) is 0.231. The van der Waals surface area contributed by atoms with E-state index in [2.05, 4.69) is 0 Å². The number of carbonyl (C=O) groups excluding carboxylic acids is 2. The molecule has 0 bridgehead atoms. The zero-order valence-electron chi connectivity index (χ0n) is 12.1. The molecule has 0 saturated carbocycles. The first-order chi connectivity index (χ1) is 11.1. The summed E-state index contributed by atoms with van der Waals surface area (Å²) in [5.41, 5.74) is 2.67. The molecular formula is C13H13N3O8. The maximum Gasteiger partial charge on any atom is 0.343 e. The Bertz CT molecular complexity index is 715. The van der Waals surface area contributed by atoms with E-state index in [0.29, 0.717) is 0 Å². The summed E-state index contributed by atoms with van der Waals surface area (Å²) >= 11 is 0. The van der Waals surface area contributed by atoms with E-state index in [1.807, 2.05) is 5.32 Å². The van der Waals surface area contributed by atoms with Gasteiger partial charge in [0.25, 0.3) is 11.6 Å². The molecule has 24 heavy (non-hydrogen) atoms. The smallest absolute Gasteiger partial charge is 0.343 e. The molecule has 0 radical (unpaired) electrons. The van der Waals surface area contributed by atoms with Crippen molar-refractivity contribution in [1.82, 2.24) is 5.32 Å².